The molecule has 0 aliphatic rings. The molecular weight excluding hydrogens is 732 g/mol. The number of esters is 2. The number of phenols is 4. The summed E-state index contributed by atoms with van der Waals surface area (Å²) < 4.78 is 10.6. The minimum atomic E-state index is -0.573. The maximum absolute atomic E-state index is 12.2. The first kappa shape index (κ1) is 42.6. The summed E-state index contributed by atoms with van der Waals surface area (Å²) >= 11 is 6.47. The van der Waals surface area contributed by atoms with Gasteiger partial charge >= 0.3 is 11.9 Å². The van der Waals surface area contributed by atoms with Crippen LogP contribution in [0.3, 0.4) is 0 Å². The number of carbonyl (C=O) groups excluding carboxylic acids is 2. The summed E-state index contributed by atoms with van der Waals surface area (Å²) in [6.07, 6.45) is 18.9. The Kier molecular flexibility index (Phi) is 22.3. The molecule has 0 aliphatic heterocycles. The van der Waals surface area contributed by atoms with Crippen LogP contribution in [0.1, 0.15) is 156 Å². The fourth-order valence-electron chi connectivity index (χ4n) is 5.39. The molecule has 0 heterocycles. The van der Waals surface area contributed by atoms with Crippen LogP contribution in [0.2, 0.25) is 0 Å². The second-order valence-electron chi connectivity index (χ2n) is 11.7. The van der Waals surface area contributed by atoms with Crippen LogP contribution in [0.5, 0.6) is 23.0 Å². The van der Waals surface area contributed by atoms with E-state index in [4.69, 9.17) is 9.47 Å². The topological polar surface area (TPSA) is 134 Å². The van der Waals surface area contributed by atoms with Gasteiger partial charge in [-0.15, -0.1) is 0 Å². The van der Waals surface area contributed by atoms with E-state index in [1.165, 1.54) is 70.3 Å². The van der Waals surface area contributed by atoms with Crippen LogP contribution in [-0.2, 0) is 22.3 Å². The van der Waals surface area contributed by atoms with E-state index >= 15 is 0 Å². The van der Waals surface area contributed by atoms with Crippen LogP contribution in [0.25, 0.3) is 0 Å². The molecule has 0 fully saturated rings. The lowest BCUT2D eigenvalue weighted by molar-refractivity contribution is 0.0511. The molecule has 10 heteroatoms. The van der Waals surface area contributed by atoms with Gasteiger partial charge in [-0.05, 0) is 88.6 Å². The predicted molar refractivity (Wildman–Crippen MR) is 195 cm³/mol. The predicted octanol–water partition coefficient (Wildman–Crippen LogP) is 11.1. The number of hydrogen-bond acceptors (Lipinski definition) is 8. The molecule has 0 saturated carbocycles. The third kappa shape index (κ3) is 15.1. The van der Waals surface area contributed by atoms with Crippen LogP contribution >= 0.6 is 31.9 Å². The number of carbonyl (C=O) groups is 2. The van der Waals surface area contributed by atoms with Crippen molar-refractivity contribution in [3.8, 4) is 23.0 Å². The van der Waals surface area contributed by atoms with E-state index in [0.717, 1.165) is 32.1 Å². The largest absolute Gasteiger partial charge is 0.508 e. The van der Waals surface area contributed by atoms with Gasteiger partial charge in [-0.25, -0.2) is 9.59 Å². The van der Waals surface area contributed by atoms with Gasteiger partial charge in [0.2, 0.25) is 0 Å². The molecule has 8 nitrogen and oxygen atoms in total. The summed E-state index contributed by atoms with van der Waals surface area (Å²) in [5.74, 6) is -1.71. The van der Waals surface area contributed by atoms with Gasteiger partial charge in [0.25, 0.3) is 0 Å². The Morgan fingerprint density at radius 1 is 0.574 bits per heavy atom. The van der Waals surface area contributed by atoms with Crippen molar-refractivity contribution >= 4 is 43.8 Å². The van der Waals surface area contributed by atoms with E-state index in [9.17, 15) is 30.0 Å². The molecule has 2 aromatic carbocycles. The van der Waals surface area contributed by atoms with E-state index in [-0.39, 0.29) is 51.8 Å². The molecular formula is C37H56Br2O8. The fraction of sp³-hybridized carbons (Fsp3) is 0.622. The Labute approximate surface area is 298 Å². The first-order chi connectivity index (χ1) is 22.5. The van der Waals surface area contributed by atoms with Crippen molar-refractivity contribution in [2.75, 3.05) is 13.2 Å². The summed E-state index contributed by atoms with van der Waals surface area (Å²) in [5, 5.41) is 39.9. The molecule has 0 atom stereocenters. The molecule has 0 radical (unpaired) electrons. The number of hydrogen-bond donors (Lipinski definition) is 4. The highest BCUT2D eigenvalue weighted by Gasteiger charge is 2.26. The molecule has 0 saturated heterocycles. The van der Waals surface area contributed by atoms with E-state index in [0.29, 0.717) is 28.4 Å². The zero-order valence-electron chi connectivity index (χ0n) is 28.8. The quantitative estimate of drug-likeness (QED) is 0.0726. The summed E-state index contributed by atoms with van der Waals surface area (Å²) in [7, 11) is 0. The Morgan fingerprint density at radius 2 is 1.02 bits per heavy atom. The molecule has 2 rings (SSSR count). The zero-order chi connectivity index (χ0) is 35.2. The molecule has 0 aromatic heterocycles. The van der Waals surface area contributed by atoms with Crippen LogP contribution in [-0.4, -0.2) is 45.6 Å². The number of unbranched alkanes of at least 4 members (excludes halogenated alkanes) is 13. The van der Waals surface area contributed by atoms with Gasteiger partial charge in [0.05, 0.1) is 17.7 Å². The van der Waals surface area contributed by atoms with Gasteiger partial charge in [-0.1, -0.05) is 97.3 Å². The maximum Gasteiger partial charge on any atom is 0.342 e. The van der Waals surface area contributed by atoms with Crippen molar-refractivity contribution in [3.63, 3.8) is 0 Å². The van der Waals surface area contributed by atoms with Crippen LogP contribution in [0.15, 0.2) is 21.1 Å². The Balaban J connectivity index is 0.000000474. The third-order valence-electron chi connectivity index (χ3n) is 7.90. The molecule has 47 heavy (non-hydrogen) atoms. The smallest absolute Gasteiger partial charge is 0.342 e. The lowest BCUT2D eigenvalue weighted by Crippen LogP contribution is -2.10. The van der Waals surface area contributed by atoms with E-state index < -0.39 is 11.9 Å². The number of rotatable bonds is 21. The number of aromatic hydroxyl groups is 4. The van der Waals surface area contributed by atoms with Gasteiger partial charge < -0.3 is 29.9 Å². The molecule has 0 aliphatic carbocycles. The second kappa shape index (κ2) is 24.6. The summed E-state index contributed by atoms with van der Waals surface area (Å²) in [5.41, 5.74) is 1.57. The molecule has 4 N–H and O–H groups in total. The summed E-state index contributed by atoms with van der Waals surface area (Å²) in [4.78, 5) is 24.2. The molecule has 0 unspecified atom stereocenters. The number of phenolic OH excluding ortho intramolecular Hbond substituents is 4. The van der Waals surface area contributed by atoms with Crippen molar-refractivity contribution in [1.82, 2.24) is 0 Å². The molecule has 266 valence electrons. The number of aryl methyl sites for hydroxylation is 1. The lowest BCUT2D eigenvalue weighted by Gasteiger charge is -2.16. The Morgan fingerprint density at radius 3 is 1.51 bits per heavy atom. The van der Waals surface area contributed by atoms with Crippen LogP contribution in [0.4, 0.5) is 0 Å². The van der Waals surface area contributed by atoms with Gasteiger partial charge in [0.15, 0.2) is 0 Å². The average Bonchev–Trinajstić information content (AvgIpc) is 3.03. The Hall–Kier alpha value is -2.46. The summed E-state index contributed by atoms with van der Waals surface area (Å²) in [6.45, 7) is 8.35. The van der Waals surface area contributed by atoms with Crippen molar-refractivity contribution in [2.45, 2.75) is 137 Å². The lowest BCUT2D eigenvalue weighted by atomic mass is 9.99. The molecule has 0 bridgehead atoms. The highest BCUT2D eigenvalue weighted by atomic mass is 79.9. The minimum absolute atomic E-state index is 0.0245. The number of benzene rings is 2. The van der Waals surface area contributed by atoms with Crippen LogP contribution in [0, 0.1) is 0 Å². The SMILES string of the molecule is CCCCCCCCCCc1c(Br)c(O)c(Br)c(O)c1C(=O)OCC.CCCCCCCCCc1cc(O)cc(O)c1C(=O)OCC. The highest BCUT2D eigenvalue weighted by Crippen LogP contribution is 2.45. The van der Waals surface area contributed by atoms with Crippen LogP contribution < -0.4 is 0 Å². The first-order valence-electron chi connectivity index (χ1n) is 17.4. The van der Waals surface area contributed by atoms with Gasteiger partial charge in [0, 0.05) is 6.07 Å². The third-order valence-corrected chi connectivity index (χ3v) is 9.51. The standard InChI is InChI=1S/C19H28Br2O4.C18H28O4/c1-3-5-6-7-8-9-10-11-12-13-14(19(24)25-4-2)17(22)16(21)18(23)15(13)20;1-3-5-6-7-8-9-10-11-14-12-15(19)13-16(20)17(14)18(21)22-4-2/h22-23H,3-12H2,1-2H3;12-13,19-20H,3-11H2,1-2H3. The monoisotopic (exact) mass is 786 g/mol. The van der Waals surface area contributed by atoms with E-state index in [2.05, 4.69) is 45.7 Å². The Bertz CT molecular complexity index is 1230. The van der Waals surface area contributed by atoms with Gasteiger partial charge in [-0.3, -0.25) is 0 Å². The normalized spacial score (nSPS) is 10.8. The van der Waals surface area contributed by atoms with E-state index in [1.807, 2.05) is 0 Å². The number of halogens is 2. The van der Waals surface area contributed by atoms with Crippen molar-refractivity contribution in [1.29, 1.82) is 0 Å². The maximum atomic E-state index is 12.2. The molecule has 0 spiro atoms. The first-order valence-corrected chi connectivity index (χ1v) is 18.9. The molecule has 2 aromatic rings. The average molecular weight is 789 g/mol. The van der Waals surface area contributed by atoms with Crippen molar-refractivity contribution in [2.24, 2.45) is 0 Å². The highest BCUT2D eigenvalue weighted by molar-refractivity contribution is 9.11. The fourth-order valence-corrected chi connectivity index (χ4v) is 6.64. The zero-order valence-corrected chi connectivity index (χ0v) is 31.9. The molecule has 0 amide bonds. The van der Waals surface area contributed by atoms with Gasteiger partial charge in [-0.2, -0.15) is 0 Å². The van der Waals surface area contributed by atoms with Crippen molar-refractivity contribution < 1.29 is 39.5 Å². The van der Waals surface area contributed by atoms with Gasteiger partial charge in [0.1, 0.15) is 38.6 Å². The second-order valence-corrected chi connectivity index (χ2v) is 13.3. The minimum Gasteiger partial charge on any atom is -0.508 e. The van der Waals surface area contributed by atoms with Crippen molar-refractivity contribution in [3.05, 3.63) is 43.3 Å². The number of ether oxygens (including phenoxy) is 2. The van der Waals surface area contributed by atoms with E-state index in [1.54, 1.807) is 19.9 Å². The summed E-state index contributed by atoms with van der Waals surface area (Å²) in [6, 6.07) is 2.73.